The first-order chi connectivity index (χ1) is 14.7. The minimum absolute atomic E-state index is 0.0596. The summed E-state index contributed by atoms with van der Waals surface area (Å²) < 4.78 is 1.80. The molecule has 4 saturated carbocycles. The molecule has 4 aliphatic rings. The maximum absolute atomic E-state index is 13.3. The summed E-state index contributed by atoms with van der Waals surface area (Å²) in [7, 11) is 0. The van der Waals surface area contributed by atoms with Gasteiger partial charge in [-0.2, -0.15) is 10.4 Å². The number of nitrogens with zero attached hydrogens (tertiary/aromatic N) is 3. The van der Waals surface area contributed by atoms with Crippen LogP contribution in [0, 0.1) is 58.7 Å². The van der Waals surface area contributed by atoms with E-state index in [2.05, 4.69) is 18.1 Å². The molecular formula is C26H37N3O2. The molecule has 1 heterocycles. The van der Waals surface area contributed by atoms with Crippen molar-refractivity contribution in [3.63, 3.8) is 0 Å². The molecule has 0 unspecified atom stereocenters. The second kappa shape index (κ2) is 7.17. The number of rotatable bonds is 3. The van der Waals surface area contributed by atoms with Crippen molar-refractivity contribution in [1.29, 1.82) is 5.26 Å². The zero-order valence-electron chi connectivity index (χ0n) is 19.3. The SMILES string of the molecule is Cc1ccn(CC(=O)[C@H]2CC[C@H]3[C@@H]4CC[C@@H]5C[C@](C)(O)CC[C@]5(C#N)[C@H]4CC[C@]23C)n1. The van der Waals surface area contributed by atoms with Gasteiger partial charge in [0.15, 0.2) is 5.78 Å². The van der Waals surface area contributed by atoms with Crippen LogP contribution in [0.15, 0.2) is 12.3 Å². The number of aromatic nitrogens is 2. The molecule has 0 bridgehead atoms. The Bertz CT molecular complexity index is 914. The summed E-state index contributed by atoms with van der Waals surface area (Å²) in [6, 6.07) is 4.79. The molecule has 0 radical (unpaired) electrons. The predicted molar refractivity (Wildman–Crippen MR) is 118 cm³/mol. The van der Waals surface area contributed by atoms with E-state index in [1.165, 1.54) is 0 Å². The zero-order valence-corrected chi connectivity index (χ0v) is 19.3. The number of hydrogen-bond acceptors (Lipinski definition) is 4. The number of aliphatic hydroxyl groups is 1. The van der Waals surface area contributed by atoms with Crippen molar-refractivity contribution in [2.45, 2.75) is 90.7 Å². The van der Waals surface area contributed by atoms with Crippen LogP contribution in [0.3, 0.4) is 0 Å². The van der Waals surface area contributed by atoms with Gasteiger partial charge in [0.05, 0.1) is 29.3 Å². The van der Waals surface area contributed by atoms with Crippen molar-refractivity contribution in [2.75, 3.05) is 0 Å². The van der Waals surface area contributed by atoms with Crippen LogP contribution in [0.4, 0.5) is 0 Å². The van der Waals surface area contributed by atoms with Crippen LogP contribution in [0.1, 0.15) is 77.3 Å². The molecule has 0 aromatic carbocycles. The summed E-state index contributed by atoms with van der Waals surface area (Å²) in [5.74, 6) is 2.33. The van der Waals surface area contributed by atoms with Crippen LogP contribution in [0.2, 0.25) is 0 Å². The predicted octanol–water partition coefficient (Wildman–Crippen LogP) is 4.67. The van der Waals surface area contributed by atoms with Gasteiger partial charge < -0.3 is 5.11 Å². The summed E-state index contributed by atoms with van der Waals surface area (Å²) >= 11 is 0. The fraction of sp³-hybridized carbons (Fsp3) is 0.808. The molecular weight excluding hydrogens is 386 g/mol. The Morgan fingerprint density at radius 3 is 2.71 bits per heavy atom. The minimum atomic E-state index is -0.614. The van der Waals surface area contributed by atoms with Crippen molar-refractivity contribution in [3.8, 4) is 6.07 Å². The lowest BCUT2D eigenvalue weighted by molar-refractivity contribution is -0.140. The maximum Gasteiger partial charge on any atom is 0.157 e. The Hall–Kier alpha value is -1.67. The third-order valence-electron chi connectivity index (χ3n) is 10.1. The third-order valence-corrected chi connectivity index (χ3v) is 10.1. The molecule has 0 amide bonds. The van der Waals surface area contributed by atoms with Crippen molar-refractivity contribution < 1.29 is 9.90 Å². The van der Waals surface area contributed by atoms with E-state index in [-0.39, 0.29) is 16.7 Å². The lowest BCUT2D eigenvalue weighted by Gasteiger charge is -2.60. The lowest BCUT2D eigenvalue weighted by Crippen LogP contribution is -2.56. The first-order valence-electron chi connectivity index (χ1n) is 12.3. The van der Waals surface area contributed by atoms with Crippen LogP contribution < -0.4 is 0 Å². The summed E-state index contributed by atoms with van der Waals surface area (Å²) in [4.78, 5) is 13.3. The average Bonchev–Trinajstić information content (AvgIpc) is 3.29. The highest BCUT2D eigenvalue weighted by Gasteiger charge is 2.63. The van der Waals surface area contributed by atoms with Crippen molar-refractivity contribution in [1.82, 2.24) is 9.78 Å². The van der Waals surface area contributed by atoms with E-state index < -0.39 is 5.60 Å². The Labute approximate surface area is 186 Å². The molecule has 4 aliphatic carbocycles. The molecule has 0 aliphatic heterocycles. The maximum atomic E-state index is 13.3. The van der Waals surface area contributed by atoms with Crippen molar-refractivity contribution in [2.24, 2.45) is 40.4 Å². The van der Waals surface area contributed by atoms with Crippen LogP contribution in [0.5, 0.6) is 0 Å². The number of fused-ring (bicyclic) bond motifs is 5. The second-order valence-electron chi connectivity index (χ2n) is 11.8. The number of aryl methyl sites for hydroxylation is 1. The van der Waals surface area contributed by atoms with Gasteiger partial charge in [0.2, 0.25) is 0 Å². The highest BCUT2D eigenvalue weighted by molar-refractivity contribution is 5.82. The summed E-state index contributed by atoms with van der Waals surface area (Å²) in [6.07, 6.45) is 10.7. The number of ketones is 1. The van der Waals surface area contributed by atoms with Gasteiger partial charge in [-0.3, -0.25) is 9.48 Å². The van der Waals surface area contributed by atoms with Gasteiger partial charge in [0.25, 0.3) is 0 Å². The Balaban J connectivity index is 1.37. The minimum Gasteiger partial charge on any atom is -0.390 e. The van der Waals surface area contributed by atoms with Crippen molar-refractivity contribution >= 4 is 5.78 Å². The quantitative estimate of drug-likeness (QED) is 0.766. The fourth-order valence-corrected chi connectivity index (χ4v) is 8.65. The number of carbonyl (C=O) groups excluding carboxylic acids is 1. The van der Waals surface area contributed by atoms with Gasteiger partial charge in [-0.15, -0.1) is 0 Å². The zero-order chi connectivity index (χ0) is 22.0. The van der Waals surface area contributed by atoms with Crippen LogP contribution >= 0.6 is 0 Å². The molecule has 0 spiro atoms. The topological polar surface area (TPSA) is 78.9 Å². The van der Waals surface area contributed by atoms with E-state index in [4.69, 9.17) is 0 Å². The van der Waals surface area contributed by atoms with E-state index in [0.717, 1.165) is 63.5 Å². The standard InChI is InChI=1S/C26H37N3O2/c1-17-9-13-29(28-17)15-23(30)22-7-6-20-19-5-4-18-14-24(2,31)11-12-26(18,16-27)21(19)8-10-25(20,22)3/h9,13,18-22,31H,4-8,10-12,14-15H2,1-3H3/t18-,19+,20+,21+,22-,24-,25+,26-/m1/s1. The average molecular weight is 424 g/mol. The molecule has 5 nitrogen and oxygen atoms in total. The molecule has 1 aromatic heterocycles. The fourth-order valence-electron chi connectivity index (χ4n) is 8.65. The van der Waals surface area contributed by atoms with Gasteiger partial charge in [0.1, 0.15) is 0 Å². The second-order valence-corrected chi connectivity index (χ2v) is 11.8. The summed E-state index contributed by atoms with van der Waals surface area (Å²) in [6.45, 7) is 6.66. The van der Waals surface area contributed by atoms with Gasteiger partial charge in [-0.1, -0.05) is 6.92 Å². The van der Waals surface area contributed by atoms with E-state index in [0.29, 0.717) is 36.0 Å². The van der Waals surface area contributed by atoms with E-state index >= 15 is 0 Å². The molecule has 31 heavy (non-hydrogen) atoms. The molecule has 0 saturated heterocycles. The van der Waals surface area contributed by atoms with Gasteiger partial charge in [0, 0.05) is 12.1 Å². The lowest BCUT2D eigenvalue weighted by atomic mass is 9.43. The number of nitriles is 1. The number of Topliss-reactive ketones (excluding diaryl/α,β-unsaturated/α-hetero) is 1. The normalized spacial score (nSPS) is 46.5. The molecule has 168 valence electrons. The van der Waals surface area contributed by atoms with Gasteiger partial charge in [-0.05, 0) is 107 Å². The third kappa shape index (κ3) is 3.20. The Morgan fingerprint density at radius 2 is 2.00 bits per heavy atom. The highest BCUT2D eigenvalue weighted by atomic mass is 16.3. The smallest absolute Gasteiger partial charge is 0.157 e. The first-order valence-corrected chi connectivity index (χ1v) is 12.3. The Morgan fingerprint density at radius 1 is 1.19 bits per heavy atom. The highest BCUT2D eigenvalue weighted by Crippen LogP contribution is 2.68. The van der Waals surface area contributed by atoms with Gasteiger partial charge in [-0.25, -0.2) is 0 Å². The largest absolute Gasteiger partial charge is 0.390 e. The number of carbonyl (C=O) groups is 1. The molecule has 1 aromatic rings. The molecule has 1 N–H and O–H groups in total. The molecule has 5 rings (SSSR count). The number of hydrogen-bond donors (Lipinski definition) is 1. The van der Waals surface area contributed by atoms with E-state index in [1.807, 2.05) is 26.1 Å². The molecule has 8 atom stereocenters. The van der Waals surface area contributed by atoms with Gasteiger partial charge >= 0.3 is 0 Å². The van der Waals surface area contributed by atoms with E-state index in [9.17, 15) is 15.2 Å². The summed E-state index contributed by atoms with van der Waals surface area (Å²) in [5.41, 5.74) is 0.135. The van der Waals surface area contributed by atoms with Crippen LogP contribution in [-0.2, 0) is 11.3 Å². The summed E-state index contributed by atoms with van der Waals surface area (Å²) in [5, 5.41) is 25.5. The molecule has 5 heteroatoms. The van der Waals surface area contributed by atoms with E-state index in [1.54, 1.807) is 4.68 Å². The van der Waals surface area contributed by atoms with Crippen LogP contribution in [0.25, 0.3) is 0 Å². The monoisotopic (exact) mass is 423 g/mol. The Kier molecular flexibility index (Phi) is 4.90. The van der Waals surface area contributed by atoms with Crippen molar-refractivity contribution in [3.05, 3.63) is 18.0 Å². The van der Waals surface area contributed by atoms with Crippen LogP contribution in [-0.4, -0.2) is 26.3 Å². The first kappa shape index (κ1) is 21.2. The molecule has 4 fully saturated rings.